The summed E-state index contributed by atoms with van der Waals surface area (Å²) in [4.78, 5) is 59.6. The van der Waals surface area contributed by atoms with E-state index >= 15 is 0 Å². The highest BCUT2D eigenvalue weighted by Gasteiger charge is 2.30. The number of carbonyl (C=O) groups excluding carboxylic acids is 1. The number of allylic oxidation sites excluding steroid dienone is 1. The molecule has 3 N–H and O–H groups in total. The van der Waals surface area contributed by atoms with Crippen LogP contribution in [0.5, 0.6) is 0 Å². The molecule has 0 bridgehead atoms. The molecule has 3 aromatic heterocycles. The summed E-state index contributed by atoms with van der Waals surface area (Å²) in [6.45, 7) is 4.01. The van der Waals surface area contributed by atoms with Gasteiger partial charge in [-0.3, -0.25) is 28.5 Å². The summed E-state index contributed by atoms with van der Waals surface area (Å²) in [5, 5.41) is 1.06. The molecule has 0 unspecified atom stereocenters. The summed E-state index contributed by atoms with van der Waals surface area (Å²) in [7, 11) is 0. The molecule has 172 valence electrons. The van der Waals surface area contributed by atoms with Gasteiger partial charge in [0.2, 0.25) is 0 Å². The molecule has 0 spiro atoms. The van der Waals surface area contributed by atoms with Crippen molar-refractivity contribution in [3.63, 3.8) is 0 Å². The number of nitrogens with two attached hydrogens (primary N) is 1. The molecule has 0 aromatic carbocycles. The van der Waals surface area contributed by atoms with Gasteiger partial charge in [-0.15, -0.1) is 17.9 Å². The number of H-pyrrole nitrogens is 1. The van der Waals surface area contributed by atoms with E-state index in [4.69, 9.17) is 10.7 Å². The number of fused-ring (bicyclic) bond motifs is 3. The predicted molar refractivity (Wildman–Crippen MR) is 130 cm³/mol. The Kier molecular flexibility index (Phi) is 5.61. The molecule has 33 heavy (non-hydrogen) atoms. The zero-order chi connectivity index (χ0) is 23.3. The van der Waals surface area contributed by atoms with Crippen molar-refractivity contribution < 1.29 is 4.79 Å². The van der Waals surface area contributed by atoms with E-state index in [0.29, 0.717) is 15.4 Å². The second-order valence-corrected chi connectivity index (χ2v) is 10.3. The van der Waals surface area contributed by atoms with E-state index < -0.39 is 17.0 Å². The van der Waals surface area contributed by atoms with E-state index in [2.05, 4.69) is 11.6 Å². The minimum atomic E-state index is -0.794. The normalized spacial score (nSPS) is 15.5. The first-order chi connectivity index (χ1) is 15.9. The molecule has 1 saturated carbocycles. The number of aromatic amines is 1. The third-order valence-electron chi connectivity index (χ3n) is 6.06. The maximum Gasteiger partial charge on any atom is 0.330 e. The zero-order valence-electron chi connectivity index (χ0n) is 17.9. The Morgan fingerprint density at radius 3 is 2.76 bits per heavy atom. The molecule has 2 aliphatic carbocycles. The Labute approximate surface area is 196 Å². The van der Waals surface area contributed by atoms with Gasteiger partial charge >= 0.3 is 5.69 Å². The smallest absolute Gasteiger partial charge is 0.330 e. The largest absolute Gasteiger partial charge is 0.384 e. The third-order valence-corrected chi connectivity index (χ3v) is 8.22. The molecular weight excluding hydrogens is 462 g/mol. The molecule has 5 rings (SSSR count). The molecule has 9 nitrogen and oxygen atoms in total. The molecule has 0 amide bonds. The molecule has 1 fully saturated rings. The number of aromatic nitrogens is 4. The van der Waals surface area contributed by atoms with Crippen molar-refractivity contribution >= 4 is 44.9 Å². The first-order valence-corrected chi connectivity index (χ1v) is 12.7. The molecule has 0 aliphatic heterocycles. The minimum absolute atomic E-state index is 0.0831. The average molecular weight is 486 g/mol. The molecule has 2 aliphatic rings. The number of thioether (sulfide) groups is 1. The number of nitrogens with one attached hydrogen (secondary N) is 1. The van der Waals surface area contributed by atoms with Gasteiger partial charge < -0.3 is 5.73 Å². The summed E-state index contributed by atoms with van der Waals surface area (Å²) in [6.07, 6.45) is 7.18. The van der Waals surface area contributed by atoms with Gasteiger partial charge in [-0.1, -0.05) is 17.8 Å². The van der Waals surface area contributed by atoms with Crippen LogP contribution < -0.4 is 22.5 Å². The van der Waals surface area contributed by atoms with Crippen molar-refractivity contribution in [2.45, 2.75) is 56.3 Å². The van der Waals surface area contributed by atoms with Crippen LogP contribution in [0.15, 0.2) is 32.2 Å². The van der Waals surface area contributed by atoms with E-state index in [-0.39, 0.29) is 35.3 Å². The van der Waals surface area contributed by atoms with Crippen LogP contribution in [0.4, 0.5) is 5.82 Å². The van der Waals surface area contributed by atoms with Gasteiger partial charge in [-0.2, -0.15) is 0 Å². The fraction of sp³-hybridized carbons (Fsp3) is 0.409. The van der Waals surface area contributed by atoms with Crippen molar-refractivity contribution in [3.8, 4) is 0 Å². The van der Waals surface area contributed by atoms with E-state index in [1.54, 1.807) is 17.4 Å². The number of aryl methyl sites for hydroxylation is 2. The van der Waals surface area contributed by atoms with E-state index in [0.717, 1.165) is 55.9 Å². The van der Waals surface area contributed by atoms with Gasteiger partial charge in [0.25, 0.3) is 11.1 Å². The SMILES string of the molecule is C=CCn1c(SCC(=O)c2c(N)n(C3CC3)c(=O)[nH]c2=O)nc2sc3c(c2c1=O)CCCC3. The van der Waals surface area contributed by atoms with Crippen LogP contribution in [0.25, 0.3) is 10.2 Å². The molecular formula is C22H23N5O4S2. The molecule has 3 aromatic rings. The second-order valence-electron chi connectivity index (χ2n) is 8.32. The van der Waals surface area contributed by atoms with Crippen molar-refractivity contribution in [1.29, 1.82) is 0 Å². The number of hydrogen-bond donors (Lipinski definition) is 2. The molecule has 3 heterocycles. The number of Topliss-reactive ketones (excluding diaryl/α,β-unsaturated/α-hetero) is 1. The van der Waals surface area contributed by atoms with Crippen LogP contribution in [0.3, 0.4) is 0 Å². The van der Waals surface area contributed by atoms with Gasteiger partial charge in [0, 0.05) is 17.5 Å². The Bertz CT molecular complexity index is 1480. The number of thiophene rings is 1. The van der Waals surface area contributed by atoms with Crippen molar-refractivity contribution in [3.05, 3.63) is 59.9 Å². The lowest BCUT2D eigenvalue weighted by Crippen LogP contribution is -2.36. The Morgan fingerprint density at radius 1 is 1.27 bits per heavy atom. The van der Waals surface area contributed by atoms with Crippen LogP contribution in [-0.4, -0.2) is 30.6 Å². The highest BCUT2D eigenvalue weighted by molar-refractivity contribution is 7.99. The number of ketones is 1. The van der Waals surface area contributed by atoms with E-state index in [1.165, 1.54) is 14.0 Å². The Morgan fingerprint density at radius 2 is 2.03 bits per heavy atom. The number of rotatable bonds is 7. The summed E-state index contributed by atoms with van der Waals surface area (Å²) in [5.41, 5.74) is 5.41. The molecule has 0 radical (unpaired) electrons. The summed E-state index contributed by atoms with van der Waals surface area (Å²) in [6, 6.07) is -0.0831. The maximum absolute atomic E-state index is 13.3. The Balaban J connectivity index is 1.51. The average Bonchev–Trinajstić information content (AvgIpc) is 3.53. The number of hydrogen-bond acceptors (Lipinski definition) is 8. The van der Waals surface area contributed by atoms with Crippen LogP contribution in [0.1, 0.15) is 52.5 Å². The molecule has 11 heteroatoms. The molecule has 0 atom stereocenters. The highest BCUT2D eigenvalue weighted by Crippen LogP contribution is 2.36. The monoisotopic (exact) mass is 485 g/mol. The van der Waals surface area contributed by atoms with Crippen molar-refractivity contribution in [2.75, 3.05) is 11.5 Å². The lowest BCUT2D eigenvalue weighted by Gasteiger charge is -2.13. The van der Waals surface area contributed by atoms with Crippen LogP contribution in [0, 0.1) is 0 Å². The van der Waals surface area contributed by atoms with Crippen LogP contribution in [0.2, 0.25) is 0 Å². The number of nitrogen functional groups attached to an aromatic ring is 1. The summed E-state index contributed by atoms with van der Waals surface area (Å²) < 4.78 is 2.81. The molecule has 0 saturated heterocycles. The lowest BCUT2D eigenvalue weighted by molar-refractivity contribution is 0.102. The first-order valence-electron chi connectivity index (χ1n) is 10.9. The van der Waals surface area contributed by atoms with Gasteiger partial charge in [0.05, 0.1) is 11.1 Å². The number of carbonyl (C=O) groups is 1. The van der Waals surface area contributed by atoms with Crippen molar-refractivity contribution in [2.24, 2.45) is 0 Å². The fourth-order valence-corrected chi connectivity index (χ4v) is 6.54. The maximum atomic E-state index is 13.3. The van der Waals surface area contributed by atoms with Gasteiger partial charge in [-0.05, 0) is 44.1 Å². The van der Waals surface area contributed by atoms with E-state index in [9.17, 15) is 19.2 Å². The standard InChI is InChI=1S/C22H23N5O4S2/c1-2-9-26-20(30)15-12-5-3-4-6-14(12)33-19(15)25-22(26)32-10-13(28)16-17(23)27(11-7-8-11)21(31)24-18(16)29/h2,11H,1,3-10,23H2,(H,24,29,31). The number of nitrogens with zero attached hydrogens (tertiary/aromatic N) is 3. The fourth-order valence-electron chi connectivity index (χ4n) is 4.35. The highest BCUT2D eigenvalue weighted by atomic mass is 32.2. The topological polar surface area (TPSA) is 133 Å². The van der Waals surface area contributed by atoms with Gasteiger partial charge in [-0.25, -0.2) is 9.78 Å². The van der Waals surface area contributed by atoms with Crippen molar-refractivity contribution in [1.82, 2.24) is 19.1 Å². The summed E-state index contributed by atoms with van der Waals surface area (Å²) >= 11 is 2.62. The van der Waals surface area contributed by atoms with Gasteiger partial charge in [0.1, 0.15) is 16.2 Å². The van der Waals surface area contributed by atoms with Crippen LogP contribution >= 0.6 is 23.1 Å². The summed E-state index contributed by atoms with van der Waals surface area (Å²) in [5.74, 6) is -0.760. The van der Waals surface area contributed by atoms with Gasteiger partial charge in [0.15, 0.2) is 10.9 Å². The second kappa shape index (κ2) is 8.45. The first kappa shape index (κ1) is 21.9. The minimum Gasteiger partial charge on any atom is -0.384 e. The predicted octanol–water partition coefficient (Wildman–Crippen LogP) is 2.26. The van der Waals surface area contributed by atoms with Crippen LogP contribution in [-0.2, 0) is 19.4 Å². The quantitative estimate of drug-likeness (QED) is 0.227. The third kappa shape index (κ3) is 3.78. The Hall–Kier alpha value is -2.92. The lowest BCUT2D eigenvalue weighted by atomic mass is 9.97. The zero-order valence-corrected chi connectivity index (χ0v) is 19.5. The number of anilines is 1. The van der Waals surface area contributed by atoms with E-state index in [1.807, 2.05) is 0 Å².